The summed E-state index contributed by atoms with van der Waals surface area (Å²) in [5, 5.41) is 0.107. The Hall–Kier alpha value is -1.86. The number of nitrogens with zero attached hydrogens (tertiary/aromatic N) is 2. The minimum atomic E-state index is -2.93. The molecule has 0 spiro atoms. The van der Waals surface area contributed by atoms with E-state index in [2.05, 4.69) is 9.97 Å². The van der Waals surface area contributed by atoms with E-state index in [9.17, 15) is 13.2 Å². The molecule has 8 heteroatoms. The number of hydrogen-bond donors (Lipinski definition) is 1. The van der Waals surface area contributed by atoms with Crippen molar-refractivity contribution in [3.8, 4) is 17.0 Å². The summed E-state index contributed by atoms with van der Waals surface area (Å²) in [5.41, 5.74) is 4.75. The molecule has 0 fully saturated rings. The van der Waals surface area contributed by atoms with Gasteiger partial charge < -0.3 is 10.5 Å². The Morgan fingerprint density at radius 1 is 1.31 bits per heavy atom. The maximum Gasteiger partial charge on any atom is 0.284 e. The fourth-order valence-electron chi connectivity index (χ4n) is 2.74. The van der Waals surface area contributed by atoms with Crippen LogP contribution in [0.2, 0.25) is 5.15 Å². The number of ether oxygens (including phenoxy) is 1. The number of nitrogens with two attached hydrogens (primary N) is 1. The molecule has 4 nitrogen and oxygen atoms in total. The van der Waals surface area contributed by atoms with Crippen LogP contribution in [0.4, 0.5) is 13.2 Å². The van der Waals surface area contributed by atoms with Gasteiger partial charge in [0, 0.05) is 23.4 Å². The average molecular weight is 388 g/mol. The first kappa shape index (κ1) is 20.5. The topological polar surface area (TPSA) is 61.0 Å². The largest absolute Gasteiger partial charge is 0.489 e. The molecule has 2 aromatic heterocycles. The Kier molecular flexibility index (Phi) is 6.47. The van der Waals surface area contributed by atoms with Crippen molar-refractivity contribution >= 4 is 11.6 Å². The molecule has 2 aromatic rings. The van der Waals surface area contributed by atoms with Crippen LogP contribution >= 0.6 is 11.6 Å². The van der Waals surface area contributed by atoms with Crippen LogP contribution < -0.4 is 10.5 Å². The molecule has 2 N–H and O–H groups in total. The van der Waals surface area contributed by atoms with E-state index in [0.29, 0.717) is 12.3 Å². The first-order valence-corrected chi connectivity index (χ1v) is 8.49. The number of halogens is 4. The molecule has 1 unspecified atom stereocenters. The highest BCUT2D eigenvalue weighted by atomic mass is 35.5. The van der Waals surface area contributed by atoms with Crippen molar-refractivity contribution in [3.63, 3.8) is 0 Å². The monoisotopic (exact) mass is 387 g/mol. The van der Waals surface area contributed by atoms with E-state index in [1.807, 2.05) is 13.8 Å². The van der Waals surface area contributed by atoms with Gasteiger partial charge in [0.15, 0.2) is 5.82 Å². The van der Waals surface area contributed by atoms with Crippen LogP contribution in [0.25, 0.3) is 11.3 Å². The zero-order valence-corrected chi connectivity index (χ0v) is 15.5. The third-order valence-corrected chi connectivity index (χ3v) is 3.81. The van der Waals surface area contributed by atoms with E-state index >= 15 is 0 Å². The third kappa shape index (κ3) is 5.32. The molecule has 0 aliphatic carbocycles. The van der Waals surface area contributed by atoms with E-state index < -0.39 is 23.5 Å². The minimum Gasteiger partial charge on any atom is -0.489 e. The lowest BCUT2D eigenvalue weighted by Crippen LogP contribution is -2.43. The van der Waals surface area contributed by atoms with Crippen molar-refractivity contribution in [2.24, 2.45) is 11.7 Å². The number of rotatable bonds is 7. The van der Waals surface area contributed by atoms with Crippen LogP contribution in [0.1, 0.15) is 39.3 Å². The lowest BCUT2D eigenvalue weighted by molar-refractivity contribution is 0.134. The zero-order valence-electron chi connectivity index (χ0n) is 14.8. The fraction of sp³-hybridized carbons (Fsp3) is 0.444. The summed E-state index contributed by atoms with van der Waals surface area (Å²) in [6, 6.07) is 3.69. The molecule has 2 heterocycles. The van der Waals surface area contributed by atoms with Gasteiger partial charge in [-0.15, -0.1) is 0 Å². The Morgan fingerprint density at radius 2 is 2.00 bits per heavy atom. The van der Waals surface area contributed by atoms with Gasteiger partial charge in [-0.2, -0.15) is 0 Å². The normalized spacial score (nSPS) is 13.9. The number of alkyl halides is 2. The Balaban J connectivity index is 2.35. The second-order valence-electron chi connectivity index (χ2n) is 6.91. The van der Waals surface area contributed by atoms with Crippen molar-refractivity contribution < 1.29 is 17.9 Å². The van der Waals surface area contributed by atoms with Crippen molar-refractivity contribution in [2.75, 3.05) is 6.61 Å². The first-order valence-electron chi connectivity index (χ1n) is 8.11. The van der Waals surface area contributed by atoms with E-state index in [1.54, 1.807) is 6.92 Å². The number of hydrogen-bond acceptors (Lipinski definition) is 4. The third-order valence-electron chi connectivity index (χ3n) is 3.61. The predicted molar refractivity (Wildman–Crippen MR) is 94.9 cm³/mol. The van der Waals surface area contributed by atoms with Crippen LogP contribution in [0.15, 0.2) is 24.4 Å². The average Bonchev–Trinajstić information content (AvgIpc) is 2.51. The molecule has 0 aliphatic heterocycles. The molecule has 2 rings (SSSR count). The number of aromatic nitrogens is 2. The molecule has 0 amide bonds. The molecule has 0 aliphatic rings. The highest BCUT2D eigenvalue weighted by Crippen LogP contribution is 2.33. The van der Waals surface area contributed by atoms with Gasteiger partial charge in [0.2, 0.25) is 0 Å². The van der Waals surface area contributed by atoms with E-state index in [4.69, 9.17) is 22.1 Å². The van der Waals surface area contributed by atoms with Gasteiger partial charge >= 0.3 is 0 Å². The van der Waals surface area contributed by atoms with Crippen LogP contribution in [-0.4, -0.2) is 22.1 Å². The molecular formula is C18H21ClF3N3O. The molecule has 0 saturated heterocycles. The summed E-state index contributed by atoms with van der Waals surface area (Å²) < 4.78 is 46.7. The number of pyridine rings is 2. The second kappa shape index (κ2) is 8.22. The van der Waals surface area contributed by atoms with E-state index in [1.165, 1.54) is 18.3 Å². The van der Waals surface area contributed by atoms with Crippen LogP contribution in [-0.2, 0) is 0 Å². The van der Waals surface area contributed by atoms with E-state index in [0.717, 1.165) is 6.07 Å². The van der Waals surface area contributed by atoms with Gasteiger partial charge in [-0.3, -0.25) is 0 Å². The summed E-state index contributed by atoms with van der Waals surface area (Å²) in [6.07, 6.45) is -0.965. The molecule has 142 valence electrons. The van der Waals surface area contributed by atoms with Crippen molar-refractivity contribution in [2.45, 2.75) is 39.2 Å². The van der Waals surface area contributed by atoms with Crippen LogP contribution in [0, 0.1) is 11.7 Å². The lowest BCUT2D eigenvalue weighted by Gasteiger charge is -2.27. The van der Waals surface area contributed by atoms with Gasteiger partial charge in [0.05, 0.1) is 0 Å². The van der Waals surface area contributed by atoms with E-state index in [-0.39, 0.29) is 28.8 Å². The van der Waals surface area contributed by atoms with Crippen molar-refractivity contribution in [3.05, 3.63) is 41.1 Å². The van der Waals surface area contributed by atoms with Gasteiger partial charge in [0.1, 0.15) is 28.9 Å². The highest BCUT2D eigenvalue weighted by Gasteiger charge is 2.25. The Labute approximate surface area is 155 Å². The summed E-state index contributed by atoms with van der Waals surface area (Å²) >= 11 is 5.77. The van der Waals surface area contributed by atoms with Crippen LogP contribution in [0.5, 0.6) is 5.75 Å². The van der Waals surface area contributed by atoms with Crippen molar-refractivity contribution in [1.29, 1.82) is 0 Å². The predicted octanol–water partition coefficient (Wildman–Crippen LogP) is 5.02. The maximum absolute atomic E-state index is 14.5. The van der Waals surface area contributed by atoms with Gasteiger partial charge in [0.25, 0.3) is 6.43 Å². The Morgan fingerprint density at radius 3 is 2.58 bits per heavy atom. The quantitative estimate of drug-likeness (QED) is 0.678. The highest BCUT2D eigenvalue weighted by molar-refractivity contribution is 6.29. The Bertz CT molecular complexity index is 769. The SMILES string of the molecule is CC(C)CC(C)(N)COc1cc(F)c(-c2ccnc(Cl)c2)nc1C(F)F. The molecule has 0 bridgehead atoms. The molecule has 0 radical (unpaired) electrons. The van der Waals surface area contributed by atoms with Gasteiger partial charge in [-0.05, 0) is 31.4 Å². The summed E-state index contributed by atoms with van der Waals surface area (Å²) in [6.45, 7) is 5.70. The van der Waals surface area contributed by atoms with Gasteiger partial charge in [-0.1, -0.05) is 25.4 Å². The summed E-state index contributed by atoms with van der Waals surface area (Å²) in [5.74, 6) is -0.812. The smallest absolute Gasteiger partial charge is 0.284 e. The molecule has 0 aromatic carbocycles. The van der Waals surface area contributed by atoms with Crippen LogP contribution in [0.3, 0.4) is 0 Å². The first-order chi connectivity index (χ1) is 12.1. The standard InChI is InChI=1S/C18H21ClF3N3O/c1-10(2)8-18(3,23)9-26-13-7-12(20)15(25-16(13)17(21)22)11-4-5-24-14(19)6-11/h4-7,10,17H,8-9,23H2,1-3H3. The lowest BCUT2D eigenvalue weighted by atomic mass is 9.93. The molecule has 26 heavy (non-hydrogen) atoms. The summed E-state index contributed by atoms with van der Waals surface area (Å²) in [4.78, 5) is 7.55. The minimum absolute atomic E-state index is 0.0353. The van der Waals surface area contributed by atoms with Crippen molar-refractivity contribution in [1.82, 2.24) is 9.97 Å². The fourth-order valence-corrected chi connectivity index (χ4v) is 2.92. The molecular weight excluding hydrogens is 367 g/mol. The molecule has 1 atom stereocenters. The summed E-state index contributed by atoms with van der Waals surface area (Å²) in [7, 11) is 0. The second-order valence-corrected chi connectivity index (χ2v) is 7.30. The molecule has 0 saturated carbocycles. The maximum atomic E-state index is 14.5. The zero-order chi connectivity index (χ0) is 19.5. The van der Waals surface area contributed by atoms with Gasteiger partial charge in [-0.25, -0.2) is 23.1 Å².